The first-order valence-corrected chi connectivity index (χ1v) is 7.90. The van der Waals surface area contributed by atoms with Gasteiger partial charge < -0.3 is 10.2 Å². The summed E-state index contributed by atoms with van der Waals surface area (Å²) in [5.74, 6) is -0.412. The van der Waals surface area contributed by atoms with Gasteiger partial charge in [-0.25, -0.2) is 4.39 Å². The summed E-state index contributed by atoms with van der Waals surface area (Å²) in [5, 5.41) is 5.30. The fourth-order valence-corrected chi connectivity index (χ4v) is 3.52. The van der Waals surface area contributed by atoms with E-state index in [2.05, 4.69) is 16.8 Å². The predicted octanol–water partition coefficient (Wildman–Crippen LogP) is 3.54. The lowest BCUT2D eigenvalue weighted by Gasteiger charge is -2.27. The lowest BCUT2D eigenvalue weighted by atomic mass is 10.1. The highest BCUT2D eigenvalue weighted by atomic mass is 35.5. The van der Waals surface area contributed by atoms with Gasteiger partial charge in [0.25, 0.3) is 0 Å². The van der Waals surface area contributed by atoms with E-state index in [0.717, 1.165) is 13.0 Å². The van der Waals surface area contributed by atoms with Crippen molar-refractivity contribution >= 4 is 34.5 Å². The number of thiophene rings is 1. The SMILES string of the molecule is O=C(CNc1cc(F)cc(Cl)c1)N1CCc2sccc2C1. The fraction of sp³-hybridized carbons (Fsp3) is 0.267. The maximum absolute atomic E-state index is 13.2. The van der Waals surface area contributed by atoms with Gasteiger partial charge in [-0.05, 0) is 41.6 Å². The molecule has 1 aromatic carbocycles. The van der Waals surface area contributed by atoms with Crippen LogP contribution in [0.15, 0.2) is 29.6 Å². The number of anilines is 1. The molecule has 110 valence electrons. The van der Waals surface area contributed by atoms with Crippen molar-refractivity contribution in [2.75, 3.05) is 18.4 Å². The van der Waals surface area contributed by atoms with Crippen LogP contribution >= 0.6 is 22.9 Å². The molecule has 3 rings (SSSR count). The minimum Gasteiger partial charge on any atom is -0.376 e. The number of carbonyl (C=O) groups is 1. The van der Waals surface area contributed by atoms with Gasteiger partial charge >= 0.3 is 0 Å². The molecule has 1 aromatic heterocycles. The molecule has 2 heterocycles. The van der Waals surface area contributed by atoms with E-state index < -0.39 is 5.82 Å². The standard InChI is InChI=1S/C15H14ClFN2OS/c16-11-5-12(17)7-13(6-11)18-8-15(20)19-3-1-14-10(9-19)2-4-21-14/h2,4-7,18H,1,3,8-9H2. The number of rotatable bonds is 3. The summed E-state index contributed by atoms with van der Waals surface area (Å²) in [6.45, 7) is 1.53. The third-order valence-corrected chi connectivity index (χ3v) is 4.71. The molecule has 0 spiro atoms. The zero-order valence-corrected chi connectivity index (χ0v) is 12.8. The zero-order valence-electron chi connectivity index (χ0n) is 11.2. The molecule has 0 atom stereocenters. The van der Waals surface area contributed by atoms with Gasteiger partial charge in [0.1, 0.15) is 5.82 Å². The van der Waals surface area contributed by atoms with Gasteiger partial charge in [0.05, 0.1) is 6.54 Å². The van der Waals surface area contributed by atoms with Crippen molar-refractivity contribution < 1.29 is 9.18 Å². The van der Waals surface area contributed by atoms with E-state index in [1.54, 1.807) is 17.4 Å². The average molecular weight is 325 g/mol. The number of hydrogen-bond donors (Lipinski definition) is 1. The van der Waals surface area contributed by atoms with Crippen LogP contribution < -0.4 is 5.32 Å². The summed E-state index contributed by atoms with van der Waals surface area (Å²) in [6.07, 6.45) is 0.907. The number of nitrogens with zero attached hydrogens (tertiary/aromatic N) is 1. The second kappa shape index (κ2) is 6.03. The van der Waals surface area contributed by atoms with Crippen molar-refractivity contribution in [1.82, 2.24) is 4.90 Å². The van der Waals surface area contributed by atoms with Gasteiger partial charge in [-0.3, -0.25) is 4.79 Å². The minimum absolute atomic E-state index is 0.00670. The molecule has 0 fully saturated rings. The van der Waals surface area contributed by atoms with Gasteiger partial charge in [0, 0.05) is 28.7 Å². The lowest BCUT2D eigenvalue weighted by Crippen LogP contribution is -2.38. The number of fused-ring (bicyclic) bond motifs is 1. The monoisotopic (exact) mass is 324 g/mol. The molecule has 1 amide bonds. The van der Waals surface area contributed by atoms with Crippen LogP contribution in [-0.4, -0.2) is 23.9 Å². The molecule has 21 heavy (non-hydrogen) atoms. The third-order valence-electron chi connectivity index (χ3n) is 3.47. The van der Waals surface area contributed by atoms with Crippen molar-refractivity contribution in [3.8, 4) is 0 Å². The number of benzene rings is 1. The predicted molar refractivity (Wildman–Crippen MR) is 83.3 cm³/mol. The number of carbonyl (C=O) groups excluding carboxylic acids is 1. The molecule has 0 bridgehead atoms. The smallest absolute Gasteiger partial charge is 0.242 e. The highest BCUT2D eigenvalue weighted by molar-refractivity contribution is 7.10. The molecule has 0 saturated heterocycles. The summed E-state index contributed by atoms with van der Waals surface area (Å²) >= 11 is 7.53. The highest BCUT2D eigenvalue weighted by Gasteiger charge is 2.21. The summed E-state index contributed by atoms with van der Waals surface area (Å²) in [4.78, 5) is 15.4. The normalized spacial score (nSPS) is 13.9. The molecular weight excluding hydrogens is 311 g/mol. The molecule has 0 unspecified atom stereocenters. The second-order valence-corrected chi connectivity index (χ2v) is 6.38. The second-order valence-electron chi connectivity index (χ2n) is 4.95. The van der Waals surface area contributed by atoms with Crippen molar-refractivity contribution in [2.24, 2.45) is 0 Å². The number of halogens is 2. The van der Waals surface area contributed by atoms with Gasteiger partial charge in [-0.15, -0.1) is 11.3 Å². The van der Waals surface area contributed by atoms with Crippen LogP contribution in [0.4, 0.5) is 10.1 Å². The van der Waals surface area contributed by atoms with Crippen LogP contribution in [0.2, 0.25) is 5.02 Å². The summed E-state index contributed by atoms with van der Waals surface area (Å²) in [6, 6.07) is 6.23. The first-order valence-electron chi connectivity index (χ1n) is 6.65. The molecule has 0 aliphatic carbocycles. The Balaban J connectivity index is 1.60. The zero-order chi connectivity index (χ0) is 14.8. The number of nitrogens with one attached hydrogen (secondary N) is 1. The minimum atomic E-state index is -0.418. The first kappa shape index (κ1) is 14.4. The van der Waals surface area contributed by atoms with Gasteiger partial charge in [-0.1, -0.05) is 11.6 Å². The first-order chi connectivity index (χ1) is 10.1. The molecular formula is C15H14ClFN2OS. The molecule has 0 saturated carbocycles. The Labute approximate surface area is 131 Å². The molecule has 2 aromatic rings. The Morgan fingerprint density at radius 3 is 3.10 bits per heavy atom. The van der Waals surface area contributed by atoms with E-state index in [0.29, 0.717) is 17.3 Å². The molecule has 0 radical (unpaired) electrons. The molecule has 1 aliphatic rings. The topological polar surface area (TPSA) is 32.3 Å². The summed E-state index contributed by atoms with van der Waals surface area (Å²) in [7, 11) is 0. The quantitative estimate of drug-likeness (QED) is 0.936. The summed E-state index contributed by atoms with van der Waals surface area (Å²) in [5.41, 5.74) is 1.75. The van der Waals surface area contributed by atoms with Crippen LogP contribution in [0.25, 0.3) is 0 Å². The van der Waals surface area contributed by atoms with E-state index in [4.69, 9.17) is 11.6 Å². The van der Waals surface area contributed by atoms with Crippen LogP contribution in [0.3, 0.4) is 0 Å². The average Bonchev–Trinajstić information content (AvgIpc) is 2.91. The van der Waals surface area contributed by atoms with Crippen LogP contribution in [0, 0.1) is 5.82 Å². The number of hydrogen-bond acceptors (Lipinski definition) is 3. The Kier molecular flexibility index (Phi) is 4.12. The Hall–Kier alpha value is -1.59. The van der Waals surface area contributed by atoms with E-state index in [9.17, 15) is 9.18 Å². The van der Waals surface area contributed by atoms with Crippen molar-refractivity contribution in [1.29, 1.82) is 0 Å². The van der Waals surface area contributed by atoms with Crippen molar-refractivity contribution in [2.45, 2.75) is 13.0 Å². The van der Waals surface area contributed by atoms with Crippen LogP contribution in [-0.2, 0) is 17.8 Å². The van der Waals surface area contributed by atoms with E-state index in [1.165, 1.54) is 22.6 Å². The van der Waals surface area contributed by atoms with Crippen LogP contribution in [0.1, 0.15) is 10.4 Å². The molecule has 1 aliphatic heterocycles. The van der Waals surface area contributed by atoms with Crippen LogP contribution in [0.5, 0.6) is 0 Å². The summed E-state index contributed by atoms with van der Waals surface area (Å²) < 4.78 is 13.2. The van der Waals surface area contributed by atoms with Gasteiger partial charge in [0.15, 0.2) is 0 Å². The molecule has 1 N–H and O–H groups in total. The molecule has 6 heteroatoms. The van der Waals surface area contributed by atoms with Crippen molar-refractivity contribution in [3.05, 3.63) is 50.9 Å². The van der Waals surface area contributed by atoms with E-state index >= 15 is 0 Å². The fourth-order valence-electron chi connectivity index (χ4n) is 2.41. The Morgan fingerprint density at radius 1 is 1.43 bits per heavy atom. The maximum atomic E-state index is 13.2. The Morgan fingerprint density at radius 2 is 2.29 bits per heavy atom. The number of amides is 1. The third kappa shape index (κ3) is 3.36. The Bertz CT molecular complexity index is 653. The van der Waals surface area contributed by atoms with Gasteiger partial charge in [0.2, 0.25) is 5.91 Å². The molecule has 3 nitrogen and oxygen atoms in total. The van der Waals surface area contributed by atoms with Crippen molar-refractivity contribution in [3.63, 3.8) is 0 Å². The van der Waals surface area contributed by atoms with E-state index in [-0.39, 0.29) is 12.5 Å². The lowest BCUT2D eigenvalue weighted by molar-refractivity contribution is -0.130. The highest BCUT2D eigenvalue weighted by Crippen LogP contribution is 2.24. The van der Waals surface area contributed by atoms with Gasteiger partial charge in [-0.2, -0.15) is 0 Å². The largest absolute Gasteiger partial charge is 0.376 e. The maximum Gasteiger partial charge on any atom is 0.242 e. The van der Waals surface area contributed by atoms with E-state index in [1.807, 2.05) is 4.90 Å².